The van der Waals surface area contributed by atoms with Gasteiger partial charge in [-0.15, -0.1) is 0 Å². The lowest BCUT2D eigenvalue weighted by atomic mass is 9.95. The van der Waals surface area contributed by atoms with Crippen LogP contribution in [0.25, 0.3) is 0 Å². The first-order valence-corrected chi connectivity index (χ1v) is 5.16. The average Bonchev–Trinajstić information content (AvgIpc) is 1.99. The zero-order valence-corrected chi connectivity index (χ0v) is 9.82. The van der Waals surface area contributed by atoms with Crippen molar-refractivity contribution in [2.24, 2.45) is 5.41 Å². The number of hydrogen-bond donors (Lipinski definition) is 0. The largest absolute Gasteiger partial charge is 0.305 e. The smallest absolute Gasteiger partial charge is 0.228 e. The normalized spacial score (nSPS) is 12.2. The molecule has 0 aromatic rings. The average molecular weight is 206 g/mol. The van der Waals surface area contributed by atoms with Crippen LogP contribution in [0, 0.1) is 5.41 Å². The quantitative estimate of drug-likeness (QED) is 0.622. The van der Waals surface area contributed by atoms with Gasteiger partial charge in [0.2, 0.25) is 5.24 Å². The summed E-state index contributed by atoms with van der Waals surface area (Å²) in [5.74, 6) is 0. The van der Waals surface area contributed by atoms with Gasteiger partial charge < -0.3 is 4.90 Å². The van der Waals surface area contributed by atoms with E-state index in [4.69, 9.17) is 11.6 Å². The third-order valence-corrected chi connectivity index (χ3v) is 2.60. The summed E-state index contributed by atoms with van der Waals surface area (Å²) < 4.78 is 0. The molecule has 0 spiro atoms. The van der Waals surface area contributed by atoms with Crippen LogP contribution in [0.3, 0.4) is 0 Å². The van der Waals surface area contributed by atoms with Crippen LogP contribution in [0.4, 0.5) is 0 Å². The van der Waals surface area contributed by atoms with Crippen LogP contribution in [-0.2, 0) is 4.79 Å². The molecule has 0 aromatic carbocycles. The highest BCUT2D eigenvalue weighted by molar-refractivity contribution is 6.64. The fourth-order valence-electron chi connectivity index (χ4n) is 1.24. The Kier molecular flexibility index (Phi) is 5.57. The SMILES string of the molecule is CCCCN(C)CC(C)(C)C(=O)Cl. The first-order chi connectivity index (χ1) is 5.90. The number of carbonyl (C=O) groups excluding carboxylic acids is 1. The van der Waals surface area contributed by atoms with Crippen molar-refractivity contribution in [2.75, 3.05) is 20.1 Å². The molecular weight excluding hydrogens is 186 g/mol. The molecule has 78 valence electrons. The van der Waals surface area contributed by atoms with E-state index in [-0.39, 0.29) is 5.24 Å². The second kappa shape index (κ2) is 5.61. The van der Waals surface area contributed by atoms with E-state index in [1.807, 2.05) is 20.9 Å². The molecule has 0 unspecified atom stereocenters. The van der Waals surface area contributed by atoms with Crippen LogP contribution >= 0.6 is 11.6 Å². The van der Waals surface area contributed by atoms with E-state index in [9.17, 15) is 4.79 Å². The molecule has 0 bridgehead atoms. The van der Waals surface area contributed by atoms with Crippen molar-refractivity contribution < 1.29 is 4.79 Å². The second-order valence-corrected chi connectivity index (χ2v) is 4.59. The third kappa shape index (κ3) is 5.27. The van der Waals surface area contributed by atoms with Crippen molar-refractivity contribution in [3.05, 3.63) is 0 Å². The summed E-state index contributed by atoms with van der Waals surface area (Å²) in [5.41, 5.74) is -0.427. The zero-order chi connectivity index (χ0) is 10.5. The summed E-state index contributed by atoms with van der Waals surface area (Å²) in [4.78, 5) is 13.2. The summed E-state index contributed by atoms with van der Waals surface area (Å²) >= 11 is 5.48. The number of halogens is 1. The molecule has 0 aromatic heterocycles. The maximum absolute atomic E-state index is 11.0. The van der Waals surface area contributed by atoms with E-state index in [0.717, 1.165) is 13.1 Å². The van der Waals surface area contributed by atoms with Gasteiger partial charge in [0.25, 0.3) is 0 Å². The number of hydrogen-bond acceptors (Lipinski definition) is 2. The van der Waals surface area contributed by atoms with Crippen LogP contribution in [0.1, 0.15) is 33.6 Å². The van der Waals surface area contributed by atoms with Gasteiger partial charge in [0.05, 0.1) is 5.41 Å². The summed E-state index contributed by atoms with van der Waals surface area (Å²) in [6, 6.07) is 0. The molecule has 3 heteroatoms. The van der Waals surface area contributed by atoms with Gasteiger partial charge in [-0.3, -0.25) is 4.79 Å². The van der Waals surface area contributed by atoms with E-state index >= 15 is 0 Å². The van der Waals surface area contributed by atoms with Crippen LogP contribution < -0.4 is 0 Å². The lowest BCUT2D eigenvalue weighted by molar-refractivity contribution is -0.119. The minimum atomic E-state index is -0.427. The third-order valence-electron chi connectivity index (χ3n) is 2.09. The lowest BCUT2D eigenvalue weighted by Crippen LogP contribution is -2.35. The highest BCUT2D eigenvalue weighted by Gasteiger charge is 2.26. The molecular formula is C10H20ClNO. The maximum atomic E-state index is 11.0. The number of unbranched alkanes of at least 4 members (excludes halogenated alkanes) is 1. The molecule has 0 N–H and O–H groups in total. The van der Waals surface area contributed by atoms with Crippen molar-refractivity contribution in [3.8, 4) is 0 Å². The molecule has 0 rings (SSSR count). The van der Waals surface area contributed by atoms with Crippen molar-refractivity contribution in [3.63, 3.8) is 0 Å². The fraction of sp³-hybridized carbons (Fsp3) is 0.900. The van der Waals surface area contributed by atoms with Gasteiger partial charge in [-0.05, 0) is 31.6 Å². The molecule has 2 nitrogen and oxygen atoms in total. The van der Waals surface area contributed by atoms with Crippen LogP contribution in [-0.4, -0.2) is 30.3 Å². The van der Waals surface area contributed by atoms with Gasteiger partial charge in [-0.25, -0.2) is 0 Å². The molecule has 0 radical (unpaired) electrons. The van der Waals surface area contributed by atoms with E-state index in [1.165, 1.54) is 12.8 Å². The highest BCUT2D eigenvalue weighted by Crippen LogP contribution is 2.19. The van der Waals surface area contributed by atoms with Gasteiger partial charge in [-0.2, -0.15) is 0 Å². The monoisotopic (exact) mass is 205 g/mol. The first-order valence-electron chi connectivity index (χ1n) is 4.78. The summed E-state index contributed by atoms with van der Waals surface area (Å²) in [6.45, 7) is 7.68. The first kappa shape index (κ1) is 12.9. The second-order valence-electron chi connectivity index (χ2n) is 4.25. The number of carbonyl (C=O) groups is 1. The molecule has 0 aliphatic carbocycles. The molecule has 0 amide bonds. The Labute approximate surface area is 86.2 Å². The Morgan fingerprint density at radius 2 is 2.00 bits per heavy atom. The van der Waals surface area contributed by atoms with E-state index in [1.54, 1.807) is 0 Å². The van der Waals surface area contributed by atoms with Gasteiger partial charge in [0, 0.05) is 6.54 Å². The van der Waals surface area contributed by atoms with Gasteiger partial charge in [0.15, 0.2) is 0 Å². The van der Waals surface area contributed by atoms with E-state index < -0.39 is 5.41 Å². The van der Waals surface area contributed by atoms with Crippen molar-refractivity contribution in [2.45, 2.75) is 33.6 Å². The molecule has 0 heterocycles. The summed E-state index contributed by atoms with van der Waals surface area (Å²) in [7, 11) is 2.03. The number of nitrogens with zero attached hydrogens (tertiary/aromatic N) is 1. The van der Waals surface area contributed by atoms with Crippen LogP contribution in [0.5, 0.6) is 0 Å². The van der Waals surface area contributed by atoms with Crippen molar-refractivity contribution in [1.82, 2.24) is 4.90 Å². The molecule has 0 saturated heterocycles. The van der Waals surface area contributed by atoms with E-state index in [0.29, 0.717) is 0 Å². The van der Waals surface area contributed by atoms with Crippen LogP contribution in [0.15, 0.2) is 0 Å². The minimum absolute atomic E-state index is 0.254. The Balaban J connectivity index is 3.89. The molecule has 13 heavy (non-hydrogen) atoms. The van der Waals surface area contributed by atoms with Crippen LogP contribution in [0.2, 0.25) is 0 Å². The maximum Gasteiger partial charge on any atom is 0.228 e. The predicted octanol–water partition coefficient (Wildman–Crippen LogP) is 2.51. The molecule has 0 aliphatic heterocycles. The van der Waals surface area contributed by atoms with Gasteiger partial charge in [-0.1, -0.05) is 27.2 Å². The van der Waals surface area contributed by atoms with E-state index in [2.05, 4.69) is 11.8 Å². The highest BCUT2D eigenvalue weighted by atomic mass is 35.5. The van der Waals surface area contributed by atoms with Crippen molar-refractivity contribution >= 4 is 16.8 Å². The van der Waals surface area contributed by atoms with Gasteiger partial charge in [0.1, 0.15) is 0 Å². The summed E-state index contributed by atoms with van der Waals surface area (Å²) in [6.07, 6.45) is 2.35. The minimum Gasteiger partial charge on any atom is -0.305 e. The Morgan fingerprint density at radius 3 is 2.38 bits per heavy atom. The molecule has 0 saturated carbocycles. The Bertz CT molecular complexity index is 168. The molecule has 0 aliphatic rings. The number of rotatable bonds is 6. The lowest BCUT2D eigenvalue weighted by Gasteiger charge is -2.26. The standard InChI is InChI=1S/C10H20ClNO/c1-5-6-7-12(4)8-10(2,3)9(11)13/h5-8H2,1-4H3. The predicted molar refractivity (Wildman–Crippen MR) is 57.0 cm³/mol. The topological polar surface area (TPSA) is 20.3 Å². The molecule has 0 atom stereocenters. The van der Waals surface area contributed by atoms with Crippen molar-refractivity contribution in [1.29, 1.82) is 0 Å². The summed E-state index contributed by atoms with van der Waals surface area (Å²) in [5, 5.41) is -0.254. The zero-order valence-electron chi connectivity index (χ0n) is 9.06. The Hall–Kier alpha value is -0.0800. The fourth-order valence-corrected chi connectivity index (χ4v) is 1.30. The Morgan fingerprint density at radius 1 is 1.46 bits per heavy atom. The van der Waals surface area contributed by atoms with Gasteiger partial charge >= 0.3 is 0 Å². The molecule has 0 fully saturated rings.